The molecule has 0 aliphatic rings. The number of rotatable bonds is 4. The van der Waals surface area contributed by atoms with E-state index >= 15 is 0 Å². The van der Waals surface area contributed by atoms with Crippen LogP contribution in [0, 0.1) is 0 Å². The van der Waals surface area contributed by atoms with Gasteiger partial charge in [0.1, 0.15) is 0 Å². The summed E-state index contributed by atoms with van der Waals surface area (Å²) in [5, 5.41) is 1.51. The Labute approximate surface area is 94.4 Å². The second-order valence-electron chi connectivity index (χ2n) is 4.91. The zero-order chi connectivity index (χ0) is 11.5. The molecule has 15 heavy (non-hydrogen) atoms. The molecule has 0 bridgehead atoms. The third kappa shape index (κ3) is 3.04. The molecular weight excluding hydrogens is 198 g/mol. The maximum Gasteiger partial charge on any atom is 0.0956 e. The van der Waals surface area contributed by atoms with Crippen LogP contribution in [0.3, 0.4) is 0 Å². The molecule has 1 rings (SSSR count). The van der Waals surface area contributed by atoms with Crippen LogP contribution in [0.25, 0.3) is 6.08 Å². The largest absolute Gasteiger partial charge is 0.312 e. The first-order chi connectivity index (χ1) is 6.97. The van der Waals surface area contributed by atoms with Gasteiger partial charge in [-0.15, -0.1) is 0 Å². The van der Waals surface area contributed by atoms with Gasteiger partial charge in [0.05, 0.1) is 8.07 Å². The first-order valence-corrected chi connectivity index (χ1v) is 8.55. The summed E-state index contributed by atoms with van der Waals surface area (Å²) in [5.41, 5.74) is 1.30. The second kappa shape index (κ2) is 4.77. The highest BCUT2D eigenvalue weighted by atomic mass is 28.3. The average molecular weight is 219 g/mol. The molecule has 82 valence electrons. The van der Waals surface area contributed by atoms with Crippen molar-refractivity contribution in [3.05, 3.63) is 36.4 Å². The predicted octanol–water partition coefficient (Wildman–Crippen LogP) is 2.35. The zero-order valence-electron chi connectivity index (χ0n) is 10.2. The molecule has 0 heterocycles. The molecular formula is C13H21NSi. The van der Waals surface area contributed by atoms with Crippen molar-refractivity contribution in [3.63, 3.8) is 0 Å². The van der Waals surface area contributed by atoms with E-state index in [0.717, 1.165) is 0 Å². The number of nitrogens with zero attached hydrogens (tertiary/aromatic N) is 1. The lowest BCUT2D eigenvalue weighted by molar-refractivity contribution is 0.472. The summed E-state index contributed by atoms with van der Waals surface area (Å²) in [4.78, 5) is 2.28. The molecule has 0 saturated carbocycles. The summed E-state index contributed by atoms with van der Waals surface area (Å²) < 4.78 is 0. The highest BCUT2D eigenvalue weighted by molar-refractivity contribution is 6.90. The first-order valence-electron chi connectivity index (χ1n) is 5.34. The van der Waals surface area contributed by atoms with Crippen LogP contribution in [0.15, 0.2) is 30.8 Å². The minimum Gasteiger partial charge on any atom is -0.312 e. The van der Waals surface area contributed by atoms with E-state index in [1.54, 1.807) is 0 Å². The fourth-order valence-electron chi connectivity index (χ4n) is 2.17. The Morgan fingerprint density at radius 1 is 1.27 bits per heavy atom. The Balaban J connectivity index is 3.08. The van der Waals surface area contributed by atoms with Crippen molar-refractivity contribution in [1.82, 2.24) is 4.90 Å². The van der Waals surface area contributed by atoms with Crippen LogP contribution in [-0.2, 0) is 0 Å². The Bertz CT molecular complexity index is 342. The minimum absolute atomic E-state index is 1.18. The fourth-order valence-corrected chi connectivity index (χ4v) is 5.43. The Kier molecular flexibility index (Phi) is 3.88. The quantitative estimate of drug-likeness (QED) is 0.703. The van der Waals surface area contributed by atoms with E-state index in [4.69, 9.17) is 0 Å². The van der Waals surface area contributed by atoms with Crippen molar-refractivity contribution in [1.29, 1.82) is 0 Å². The first kappa shape index (κ1) is 12.2. The van der Waals surface area contributed by atoms with Crippen molar-refractivity contribution < 1.29 is 0 Å². The highest BCUT2D eigenvalue weighted by Gasteiger charge is 2.25. The monoisotopic (exact) mass is 219 g/mol. The normalized spacial score (nSPS) is 11.8. The van der Waals surface area contributed by atoms with Crippen LogP contribution in [-0.4, -0.2) is 33.2 Å². The van der Waals surface area contributed by atoms with Crippen molar-refractivity contribution in [2.45, 2.75) is 13.1 Å². The van der Waals surface area contributed by atoms with E-state index in [1.165, 1.54) is 16.9 Å². The van der Waals surface area contributed by atoms with Crippen LogP contribution in [0.5, 0.6) is 0 Å². The fraction of sp³-hybridized carbons (Fsp3) is 0.385. The van der Waals surface area contributed by atoms with E-state index in [-0.39, 0.29) is 0 Å². The SMILES string of the molecule is C=Cc1ccccc1[Si](C)(C)CN(C)C. The van der Waals surface area contributed by atoms with Gasteiger partial charge in [-0.1, -0.05) is 55.2 Å². The highest BCUT2D eigenvalue weighted by Crippen LogP contribution is 2.09. The van der Waals surface area contributed by atoms with Crippen molar-refractivity contribution >= 4 is 19.3 Å². The maximum absolute atomic E-state index is 3.89. The summed E-state index contributed by atoms with van der Waals surface area (Å²) in [7, 11) is 2.93. The molecule has 0 aliphatic carbocycles. The molecule has 0 aromatic heterocycles. The molecule has 1 aromatic carbocycles. The second-order valence-corrected chi connectivity index (χ2v) is 9.54. The van der Waals surface area contributed by atoms with Crippen LogP contribution in [0.4, 0.5) is 0 Å². The number of hydrogen-bond acceptors (Lipinski definition) is 1. The standard InChI is InChI=1S/C13H21NSi/c1-6-12-9-7-8-10-13(12)15(4,5)11-14(2)3/h6-10H,1,11H2,2-5H3. The van der Waals surface area contributed by atoms with E-state index in [1.807, 2.05) is 6.08 Å². The van der Waals surface area contributed by atoms with Crippen LogP contribution in [0.1, 0.15) is 5.56 Å². The van der Waals surface area contributed by atoms with Crippen molar-refractivity contribution in [2.75, 3.05) is 20.3 Å². The zero-order valence-corrected chi connectivity index (χ0v) is 11.2. The smallest absolute Gasteiger partial charge is 0.0956 e. The third-order valence-electron chi connectivity index (χ3n) is 2.62. The van der Waals surface area contributed by atoms with E-state index in [9.17, 15) is 0 Å². The van der Waals surface area contributed by atoms with Crippen LogP contribution >= 0.6 is 0 Å². The lowest BCUT2D eigenvalue weighted by atomic mass is 10.2. The molecule has 0 N–H and O–H groups in total. The van der Waals surface area contributed by atoms with E-state index in [0.29, 0.717) is 0 Å². The molecule has 1 aromatic rings. The summed E-state index contributed by atoms with van der Waals surface area (Å²) in [6.45, 7) is 8.72. The summed E-state index contributed by atoms with van der Waals surface area (Å²) in [6.07, 6.45) is 3.15. The molecule has 0 atom stereocenters. The molecule has 0 radical (unpaired) electrons. The summed E-state index contributed by atoms with van der Waals surface area (Å²) in [5.74, 6) is 0. The van der Waals surface area contributed by atoms with Gasteiger partial charge in [0.25, 0.3) is 0 Å². The summed E-state index contributed by atoms with van der Waals surface area (Å²) >= 11 is 0. The summed E-state index contributed by atoms with van der Waals surface area (Å²) in [6, 6.07) is 8.63. The maximum atomic E-state index is 3.89. The lowest BCUT2D eigenvalue weighted by Gasteiger charge is -2.28. The average Bonchev–Trinajstić information content (AvgIpc) is 2.16. The molecule has 0 spiro atoms. The minimum atomic E-state index is -1.35. The van der Waals surface area contributed by atoms with Gasteiger partial charge in [-0.2, -0.15) is 0 Å². The molecule has 0 saturated heterocycles. The molecule has 2 heteroatoms. The molecule has 1 nitrogen and oxygen atoms in total. The van der Waals surface area contributed by atoms with Gasteiger partial charge in [0.15, 0.2) is 0 Å². The van der Waals surface area contributed by atoms with Gasteiger partial charge in [-0.3, -0.25) is 0 Å². The van der Waals surface area contributed by atoms with Gasteiger partial charge in [0, 0.05) is 0 Å². The van der Waals surface area contributed by atoms with Gasteiger partial charge >= 0.3 is 0 Å². The third-order valence-corrected chi connectivity index (χ3v) is 5.96. The number of hydrogen-bond donors (Lipinski definition) is 0. The van der Waals surface area contributed by atoms with Gasteiger partial charge < -0.3 is 4.90 Å². The van der Waals surface area contributed by atoms with E-state index < -0.39 is 8.07 Å². The van der Waals surface area contributed by atoms with Crippen LogP contribution < -0.4 is 5.19 Å². The Morgan fingerprint density at radius 2 is 1.87 bits per heavy atom. The predicted molar refractivity (Wildman–Crippen MR) is 72.2 cm³/mol. The Morgan fingerprint density at radius 3 is 2.40 bits per heavy atom. The molecule has 0 unspecified atom stereocenters. The van der Waals surface area contributed by atoms with Gasteiger partial charge in [0.2, 0.25) is 0 Å². The Hall–Kier alpha value is -0.863. The van der Waals surface area contributed by atoms with Gasteiger partial charge in [-0.25, -0.2) is 0 Å². The van der Waals surface area contributed by atoms with Crippen LogP contribution in [0.2, 0.25) is 13.1 Å². The van der Waals surface area contributed by atoms with Crippen molar-refractivity contribution in [2.24, 2.45) is 0 Å². The lowest BCUT2D eigenvalue weighted by Crippen LogP contribution is -2.51. The molecule has 0 aliphatic heterocycles. The van der Waals surface area contributed by atoms with Crippen molar-refractivity contribution in [3.8, 4) is 0 Å². The topological polar surface area (TPSA) is 3.24 Å². The number of benzene rings is 1. The molecule has 0 fully saturated rings. The van der Waals surface area contributed by atoms with E-state index in [2.05, 4.69) is 62.9 Å². The van der Waals surface area contributed by atoms with Gasteiger partial charge in [-0.05, 0) is 25.8 Å². The molecule has 0 amide bonds.